The van der Waals surface area contributed by atoms with Crippen LogP contribution in [0.3, 0.4) is 0 Å². The van der Waals surface area contributed by atoms with Crippen molar-refractivity contribution in [3.63, 3.8) is 0 Å². The Labute approximate surface area is 155 Å². The minimum atomic E-state index is -0.561. The quantitative estimate of drug-likeness (QED) is 0.716. The van der Waals surface area contributed by atoms with E-state index in [0.29, 0.717) is 23.6 Å². The molecule has 1 saturated carbocycles. The van der Waals surface area contributed by atoms with Crippen LogP contribution in [0.25, 0.3) is 17.0 Å². The maximum atomic E-state index is 13.0. The van der Waals surface area contributed by atoms with E-state index in [0.717, 1.165) is 12.8 Å². The second kappa shape index (κ2) is 6.53. The first-order valence-electron chi connectivity index (χ1n) is 9.03. The molecular weight excluding hydrogens is 346 g/mol. The molecule has 3 aromatic heterocycles. The van der Waals surface area contributed by atoms with Gasteiger partial charge in [0.2, 0.25) is 5.88 Å². The highest BCUT2D eigenvalue weighted by atomic mass is 16.3. The van der Waals surface area contributed by atoms with Gasteiger partial charge in [0.25, 0.3) is 11.5 Å². The topological polar surface area (TPSA) is 102 Å². The van der Waals surface area contributed by atoms with Crippen molar-refractivity contribution >= 4 is 11.6 Å². The Morgan fingerprint density at radius 2 is 2.11 bits per heavy atom. The summed E-state index contributed by atoms with van der Waals surface area (Å²) in [6.07, 6.45) is 3.43. The normalized spacial score (nSPS) is 14.0. The van der Waals surface area contributed by atoms with Crippen molar-refractivity contribution in [3.05, 3.63) is 46.4 Å². The van der Waals surface area contributed by atoms with Gasteiger partial charge in [-0.05, 0) is 30.9 Å². The van der Waals surface area contributed by atoms with Gasteiger partial charge >= 0.3 is 0 Å². The summed E-state index contributed by atoms with van der Waals surface area (Å²) in [5.74, 6) is -0.840. The number of fused-ring (bicyclic) bond motifs is 1. The Hall–Kier alpha value is -3.16. The predicted molar refractivity (Wildman–Crippen MR) is 99.7 cm³/mol. The molecule has 8 nitrogen and oxygen atoms in total. The average molecular weight is 367 g/mol. The van der Waals surface area contributed by atoms with Crippen molar-refractivity contribution in [1.82, 2.24) is 24.5 Å². The van der Waals surface area contributed by atoms with Crippen LogP contribution in [0.4, 0.5) is 0 Å². The van der Waals surface area contributed by atoms with Crippen molar-refractivity contribution in [3.8, 4) is 17.3 Å². The molecule has 1 fully saturated rings. The van der Waals surface area contributed by atoms with E-state index in [9.17, 15) is 14.7 Å². The van der Waals surface area contributed by atoms with Gasteiger partial charge in [-0.25, -0.2) is 0 Å². The van der Waals surface area contributed by atoms with Gasteiger partial charge in [0.05, 0.1) is 5.69 Å². The van der Waals surface area contributed by atoms with Gasteiger partial charge in [-0.2, -0.15) is 9.61 Å². The Bertz CT molecular complexity index is 1060. The molecule has 0 spiro atoms. The number of hydrogen-bond acceptors (Lipinski definition) is 5. The molecule has 3 heterocycles. The van der Waals surface area contributed by atoms with Crippen LogP contribution in [0.1, 0.15) is 37.0 Å². The van der Waals surface area contributed by atoms with E-state index in [1.807, 2.05) is 19.9 Å². The Morgan fingerprint density at radius 3 is 2.74 bits per heavy atom. The molecule has 0 atom stereocenters. The third kappa shape index (κ3) is 3.18. The minimum Gasteiger partial charge on any atom is -0.492 e. The molecule has 1 aliphatic rings. The molecule has 0 aliphatic heterocycles. The lowest BCUT2D eigenvalue weighted by atomic mass is 10.2. The highest BCUT2D eigenvalue weighted by Crippen LogP contribution is 2.24. The summed E-state index contributed by atoms with van der Waals surface area (Å²) in [7, 11) is 0. The monoisotopic (exact) mass is 367 g/mol. The summed E-state index contributed by atoms with van der Waals surface area (Å²) < 4.78 is 2.74. The lowest BCUT2D eigenvalue weighted by Gasteiger charge is -2.14. The highest BCUT2D eigenvalue weighted by molar-refractivity contribution is 5.96. The molecule has 27 heavy (non-hydrogen) atoms. The number of rotatable bonds is 5. The van der Waals surface area contributed by atoms with E-state index in [2.05, 4.69) is 15.4 Å². The molecule has 140 valence electrons. The average Bonchev–Trinajstić information content (AvgIpc) is 3.33. The molecule has 0 saturated heterocycles. The molecule has 1 amide bonds. The summed E-state index contributed by atoms with van der Waals surface area (Å²) in [5.41, 5.74) is 0.774. The molecule has 3 aromatic rings. The first kappa shape index (κ1) is 17.3. The Kier molecular flexibility index (Phi) is 4.18. The largest absolute Gasteiger partial charge is 0.492 e. The summed E-state index contributed by atoms with van der Waals surface area (Å²) in [6, 6.07) is 7.21. The molecule has 0 aromatic carbocycles. The molecule has 2 N–H and O–H groups in total. The van der Waals surface area contributed by atoms with Gasteiger partial charge in [-0.15, -0.1) is 0 Å². The minimum absolute atomic E-state index is 0.0762. The van der Waals surface area contributed by atoms with Crippen molar-refractivity contribution in [2.24, 2.45) is 5.92 Å². The fraction of sp³-hybridized carbons (Fsp3) is 0.368. The first-order valence-corrected chi connectivity index (χ1v) is 9.03. The zero-order chi connectivity index (χ0) is 19.1. The zero-order valence-electron chi connectivity index (χ0n) is 15.2. The number of hydrogen-bond donors (Lipinski definition) is 2. The van der Waals surface area contributed by atoms with E-state index in [4.69, 9.17) is 0 Å². The molecule has 1 aliphatic carbocycles. The molecule has 0 unspecified atom stereocenters. The van der Waals surface area contributed by atoms with Crippen LogP contribution in [0.2, 0.25) is 0 Å². The second-order valence-corrected chi connectivity index (χ2v) is 7.27. The van der Waals surface area contributed by atoms with Crippen molar-refractivity contribution in [2.45, 2.75) is 39.3 Å². The summed E-state index contributed by atoms with van der Waals surface area (Å²) in [4.78, 5) is 29.8. The SMILES string of the molecule is CC(C)Cn1c(=O)c(C(=O)NC2CC2)c(O)n2nc(-c3ccccn3)cc12. The van der Waals surface area contributed by atoms with E-state index in [1.165, 1.54) is 9.08 Å². The summed E-state index contributed by atoms with van der Waals surface area (Å²) >= 11 is 0. The van der Waals surface area contributed by atoms with E-state index < -0.39 is 17.3 Å². The predicted octanol–water partition coefficient (Wildman–Crippen LogP) is 1.81. The van der Waals surface area contributed by atoms with E-state index in [1.54, 1.807) is 24.4 Å². The standard InChI is InChI=1S/C19H21N5O3/c1-11(2)10-23-15-9-14(13-5-3-4-8-20-13)22-24(15)19(27)16(18(23)26)17(25)21-12-6-7-12/h3-5,8-9,11-12,27H,6-7,10H2,1-2H3,(H,21,25). The molecular formula is C19H21N5O3. The summed E-state index contributed by atoms with van der Waals surface area (Å²) in [6.45, 7) is 4.37. The van der Waals surface area contributed by atoms with Crippen LogP contribution in [0, 0.1) is 5.92 Å². The van der Waals surface area contributed by atoms with Crippen LogP contribution >= 0.6 is 0 Å². The molecule has 0 bridgehead atoms. The molecule has 8 heteroatoms. The highest BCUT2D eigenvalue weighted by Gasteiger charge is 2.29. The number of nitrogens with one attached hydrogen (secondary N) is 1. The number of aromatic hydroxyl groups is 1. The van der Waals surface area contributed by atoms with Crippen LogP contribution in [0.15, 0.2) is 35.3 Å². The van der Waals surface area contributed by atoms with Crippen molar-refractivity contribution in [2.75, 3.05) is 0 Å². The van der Waals surface area contributed by atoms with E-state index in [-0.39, 0.29) is 17.5 Å². The van der Waals surface area contributed by atoms with Gasteiger partial charge in [-0.1, -0.05) is 19.9 Å². The van der Waals surface area contributed by atoms with Crippen LogP contribution < -0.4 is 10.9 Å². The van der Waals surface area contributed by atoms with E-state index >= 15 is 0 Å². The molecule has 4 rings (SSSR count). The molecule has 0 radical (unpaired) electrons. The Balaban J connectivity index is 1.93. The Morgan fingerprint density at radius 1 is 1.33 bits per heavy atom. The number of carbonyl (C=O) groups is 1. The third-order valence-electron chi connectivity index (χ3n) is 4.47. The van der Waals surface area contributed by atoms with Crippen LogP contribution in [-0.4, -0.2) is 36.2 Å². The second-order valence-electron chi connectivity index (χ2n) is 7.27. The number of amides is 1. The van der Waals surface area contributed by atoms with Gasteiger partial charge < -0.3 is 10.4 Å². The lowest BCUT2D eigenvalue weighted by molar-refractivity contribution is 0.0944. The lowest BCUT2D eigenvalue weighted by Crippen LogP contribution is -2.36. The third-order valence-corrected chi connectivity index (χ3v) is 4.47. The fourth-order valence-corrected chi connectivity index (χ4v) is 3.02. The zero-order valence-corrected chi connectivity index (χ0v) is 15.2. The maximum absolute atomic E-state index is 13.0. The van der Waals surface area contributed by atoms with Gasteiger partial charge in [0.1, 0.15) is 11.3 Å². The van der Waals surface area contributed by atoms with Gasteiger partial charge in [0, 0.05) is 24.8 Å². The van der Waals surface area contributed by atoms with Gasteiger partial charge in [-0.3, -0.25) is 19.1 Å². The number of aromatic nitrogens is 4. The van der Waals surface area contributed by atoms with Crippen LogP contribution in [0.5, 0.6) is 5.88 Å². The van der Waals surface area contributed by atoms with Crippen molar-refractivity contribution < 1.29 is 9.90 Å². The summed E-state index contributed by atoms with van der Waals surface area (Å²) in [5, 5.41) is 17.8. The fourth-order valence-electron chi connectivity index (χ4n) is 3.02. The number of pyridine rings is 1. The number of nitrogens with zero attached hydrogens (tertiary/aromatic N) is 4. The van der Waals surface area contributed by atoms with Crippen LogP contribution in [-0.2, 0) is 6.54 Å². The van der Waals surface area contributed by atoms with Crippen molar-refractivity contribution in [1.29, 1.82) is 0 Å². The number of carbonyl (C=O) groups excluding carboxylic acids is 1. The first-order chi connectivity index (χ1) is 13.0. The smallest absolute Gasteiger partial charge is 0.270 e. The maximum Gasteiger partial charge on any atom is 0.270 e. The van der Waals surface area contributed by atoms with Gasteiger partial charge in [0.15, 0.2) is 5.56 Å².